The zero-order valence-electron chi connectivity index (χ0n) is 9.89. The molecule has 6 nitrogen and oxygen atoms in total. The van der Waals surface area contributed by atoms with Crippen LogP contribution in [0.4, 0.5) is 0 Å². The van der Waals surface area contributed by atoms with Gasteiger partial charge in [-0.3, -0.25) is 14.6 Å². The molecule has 0 radical (unpaired) electrons. The second kappa shape index (κ2) is 5.90. The van der Waals surface area contributed by atoms with Gasteiger partial charge in [-0.15, -0.1) is 0 Å². The van der Waals surface area contributed by atoms with Crippen LogP contribution in [0.2, 0.25) is 0 Å². The molecule has 0 unspecified atom stereocenters. The summed E-state index contributed by atoms with van der Waals surface area (Å²) in [4.78, 5) is 28.3. The number of hydrogen-bond donors (Lipinski definition) is 2. The van der Waals surface area contributed by atoms with E-state index >= 15 is 0 Å². The highest BCUT2D eigenvalue weighted by atomic mass is 32.2. The monoisotopic (exact) mass is 269 g/mol. The largest absolute Gasteiger partial charge is 0.481 e. The fourth-order valence-electron chi connectivity index (χ4n) is 1.81. The van der Waals surface area contributed by atoms with Crippen LogP contribution >= 0.6 is 11.8 Å². The van der Waals surface area contributed by atoms with Crippen molar-refractivity contribution in [3.05, 3.63) is 11.1 Å². The normalized spacial score (nSPS) is 17.2. The molecule has 2 aliphatic heterocycles. The number of aliphatic imine (C=N–C) groups is 1. The molecule has 0 fully saturated rings. The van der Waals surface area contributed by atoms with Gasteiger partial charge in [0.1, 0.15) is 0 Å². The highest BCUT2D eigenvalue weighted by Gasteiger charge is 2.27. The SMILES string of the molecule is O=C(O)CCCNC(=O)CC1=CSC2=NCCN12. The van der Waals surface area contributed by atoms with Crippen LogP contribution in [0.15, 0.2) is 16.1 Å². The molecule has 0 aromatic heterocycles. The Bertz CT molecular complexity index is 420. The average molecular weight is 269 g/mol. The van der Waals surface area contributed by atoms with E-state index in [0.29, 0.717) is 19.4 Å². The second-order valence-corrected chi connectivity index (χ2v) is 4.90. The zero-order valence-corrected chi connectivity index (χ0v) is 10.7. The number of amides is 1. The van der Waals surface area contributed by atoms with Crippen LogP contribution in [-0.2, 0) is 9.59 Å². The molecule has 2 heterocycles. The lowest BCUT2D eigenvalue weighted by Crippen LogP contribution is -2.29. The van der Waals surface area contributed by atoms with Gasteiger partial charge in [-0.25, -0.2) is 0 Å². The lowest BCUT2D eigenvalue weighted by molar-refractivity contribution is -0.137. The van der Waals surface area contributed by atoms with Crippen LogP contribution in [-0.4, -0.2) is 46.7 Å². The molecule has 0 spiro atoms. The number of carboxylic acids is 1. The predicted molar refractivity (Wildman–Crippen MR) is 69.2 cm³/mol. The van der Waals surface area contributed by atoms with Gasteiger partial charge < -0.3 is 15.3 Å². The summed E-state index contributed by atoms with van der Waals surface area (Å²) < 4.78 is 0. The number of nitrogens with one attached hydrogen (secondary N) is 1. The van der Waals surface area contributed by atoms with Crippen LogP contribution < -0.4 is 5.32 Å². The number of nitrogens with zero attached hydrogens (tertiary/aromatic N) is 2. The molecule has 2 rings (SSSR count). The molecule has 98 valence electrons. The average Bonchev–Trinajstić information content (AvgIpc) is 2.89. The second-order valence-electron chi connectivity index (χ2n) is 4.07. The van der Waals surface area contributed by atoms with Gasteiger partial charge in [0, 0.05) is 25.2 Å². The summed E-state index contributed by atoms with van der Waals surface area (Å²) >= 11 is 1.55. The minimum Gasteiger partial charge on any atom is -0.481 e. The Kier molecular flexibility index (Phi) is 4.24. The third kappa shape index (κ3) is 3.25. The van der Waals surface area contributed by atoms with Gasteiger partial charge in [-0.2, -0.15) is 0 Å². The molecule has 0 aromatic carbocycles. The number of fused-ring (bicyclic) bond motifs is 1. The topological polar surface area (TPSA) is 82.0 Å². The Morgan fingerprint density at radius 1 is 1.56 bits per heavy atom. The molecule has 0 aliphatic carbocycles. The van der Waals surface area contributed by atoms with E-state index in [1.165, 1.54) is 0 Å². The molecule has 0 bridgehead atoms. The first kappa shape index (κ1) is 12.9. The lowest BCUT2D eigenvalue weighted by Gasteiger charge is -2.15. The molecule has 7 heteroatoms. The molecule has 0 saturated carbocycles. The van der Waals surface area contributed by atoms with Crippen LogP contribution in [0, 0.1) is 0 Å². The van der Waals surface area contributed by atoms with Crippen LogP contribution in [0.5, 0.6) is 0 Å². The van der Waals surface area contributed by atoms with Gasteiger partial charge in [0.05, 0.1) is 13.0 Å². The highest BCUT2D eigenvalue weighted by Crippen LogP contribution is 2.30. The zero-order chi connectivity index (χ0) is 13.0. The third-order valence-electron chi connectivity index (χ3n) is 2.68. The Balaban J connectivity index is 1.69. The van der Waals surface area contributed by atoms with Crippen LogP contribution in [0.1, 0.15) is 19.3 Å². The maximum atomic E-state index is 11.7. The third-order valence-corrected chi connectivity index (χ3v) is 3.63. The first-order valence-electron chi connectivity index (χ1n) is 5.83. The van der Waals surface area contributed by atoms with Crippen molar-refractivity contribution in [3.63, 3.8) is 0 Å². The van der Waals surface area contributed by atoms with Crippen molar-refractivity contribution in [1.82, 2.24) is 10.2 Å². The number of amidine groups is 1. The molecule has 18 heavy (non-hydrogen) atoms. The molecular weight excluding hydrogens is 254 g/mol. The molecule has 2 N–H and O–H groups in total. The van der Waals surface area contributed by atoms with Crippen molar-refractivity contribution in [2.75, 3.05) is 19.6 Å². The molecule has 1 amide bonds. The fourth-order valence-corrected chi connectivity index (χ4v) is 2.76. The van der Waals surface area contributed by atoms with Crippen molar-refractivity contribution < 1.29 is 14.7 Å². The summed E-state index contributed by atoms with van der Waals surface area (Å²) in [6.45, 7) is 2.05. The number of aliphatic carboxylic acids is 1. The predicted octanol–water partition coefficient (Wildman–Crippen LogP) is 0.617. The molecule has 0 atom stereocenters. The van der Waals surface area contributed by atoms with Gasteiger partial charge in [-0.1, -0.05) is 11.8 Å². The van der Waals surface area contributed by atoms with E-state index in [4.69, 9.17) is 5.11 Å². The quantitative estimate of drug-likeness (QED) is 0.691. The van der Waals surface area contributed by atoms with Gasteiger partial charge in [0.15, 0.2) is 5.17 Å². The number of carboxylic acid groups (broad SMARTS) is 1. The van der Waals surface area contributed by atoms with Crippen molar-refractivity contribution in [2.45, 2.75) is 19.3 Å². The number of carbonyl (C=O) groups excluding carboxylic acids is 1. The Morgan fingerprint density at radius 2 is 2.39 bits per heavy atom. The van der Waals surface area contributed by atoms with E-state index in [-0.39, 0.29) is 12.3 Å². The Labute approximate surface area is 109 Å². The number of hydrogen-bond acceptors (Lipinski definition) is 5. The summed E-state index contributed by atoms with van der Waals surface area (Å²) in [6.07, 6.45) is 0.881. The maximum absolute atomic E-state index is 11.7. The lowest BCUT2D eigenvalue weighted by atomic mass is 10.2. The van der Waals surface area contributed by atoms with Gasteiger partial charge >= 0.3 is 5.97 Å². The van der Waals surface area contributed by atoms with E-state index in [2.05, 4.69) is 15.2 Å². The van der Waals surface area contributed by atoms with Gasteiger partial charge in [0.2, 0.25) is 5.91 Å². The molecule has 0 aromatic rings. The van der Waals surface area contributed by atoms with Crippen molar-refractivity contribution in [3.8, 4) is 0 Å². The number of thioether (sulfide) groups is 1. The van der Waals surface area contributed by atoms with Gasteiger partial charge in [0.25, 0.3) is 0 Å². The summed E-state index contributed by atoms with van der Waals surface area (Å²) in [5, 5.41) is 14.1. The van der Waals surface area contributed by atoms with Crippen LogP contribution in [0.25, 0.3) is 0 Å². The van der Waals surface area contributed by atoms with E-state index in [0.717, 1.165) is 24.0 Å². The summed E-state index contributed by atoms with van der Waals surface area (Å²) in [6, 6.07) is 0. The van der Waals surface area contributed by atoms with E-state index in [1.54, 1.807) is 11.8 Å². The fraction of sp³-hybridized carbons (Fsp3) is 0.545. The number of carbonyl (C=O) groups is 2. The minimum absolute atomic E-state index is 0.0691. The molecule has 2 aliphatic rings. The first-order chi connectivity index (χ1) is 8.66. The number of rotatable bonds is 6. The smallest absolute Gasteiger partial charge is 0.303 e. The molecule has 0 saturated heterocycles. The molecular formula is C11H15N3O3S. The first-order valence-corrected chi connectivity index (χ1v) is 6.71. The standard InChI is InChI=1S/C11H15N3O3S/c15-9(12-3-1-2-10(16)17)6-8-7-18-11-13-4-5-14(8)11/h7H,1-6H2,(H,12,15)(H,16,17). The minimum atomic E-state index is -0.836. The van der Waals surface area contributed by atoms with Crippen molar-refractivity contribution >= 4 is 28.8 Å². The van der Waals surface area contributed by atoms with Gasteiger partial charge in [-0.05, 0) is 11.8 Å². The van der Waals surface area contributed by atoms with Crippen molar-refractivity contribution in [1.29, 1.82) is 0 Å². The Hall–Kier alpha value is -1.50. The summed E-state index contributed by atoms with van der Waals surface area (Å²) in [7, 11) is 0. The van der Waals surface area contributed by atoms with E-state index in [1.807, 2.05) is 5.41 Å². The van der Waals surface area contributed by atoms with Crippen LogP contribution in [0.3, 0.4) is 0 Å². The maximum Gasteiger partial charge on any atom is 0.303 e. The van der Waals surface area contributed by atoms with E-state index in [9.17, 15) is 9.59 Å². The highest BCUT2D eigenvalue weighted by molar-refractivity contribution is 8.16. The summed E-state index contributed by atoms with van der Waals surface area (Å²) in [5.74, 6) is -0.905. The van der Waals surface area contributed by atoms with Crippen molar-refractivity contribution in [2.24, 2.45) is 4.99 Å². The van der Waals surface area contributed by atoms with E-state index < -0.39 is 5.97 Å². The Morgan fingerprint density at radius 3 is 3.17 bits per heavy atom. The summed E-state index contributed by atoms with van der Waals surface area (Å²) in [5.41, 5.74) is 0.979.